The predicted molar refractivity (Wildman–Crippen MR) is 212 cm³/mol. The first-order valence-electron chi connectivity index (χ1n) is 18.2. The molecule has 0 saturated heterocycles. The van der Waals surface area contributed by atoms with Crippen LogP contribution in [0.25, 0.3) is 10.8 Å². The molecule has 0 aliphatic rings. The molecule has 0 heterocycles. The predicted octanol–water partition coefficient (Wildman–Crippen LogP) is 8.70. The molecule has 5 aromatic rings. The van der Waals surface area contributed by atoms with Crippen LogP contribution in [0.4, 0.5) is 5.69 Å². The minimum Gasteiger partial charge on any atom is -0.349 e. The van der Waals surface area contributed by atoms with E-state index in [4.69, 9.17) is 0 Å². The van der Waals surface area contributed by atoms with Gasteiger partial charge in [-0.3, -0.25) is 23.5 Å². The van der Waals surface area contributed by atoms with Crippen LogP contribution in [0.5, 0.6) is 0 Å². The second kappa shape index (κ2) is 18.8. The number of nitrogens with one attached hydrogen (secondary N) is 1. The van der Waals surface area contributed by atoms with E-state index in [0.717, 1.165) is 66.7 Å². The highest BCUT2D eigenvalue weighted by atomic mass is 32.2. The number of benzene rings is 5. The van der Waals surface area contributed by atoms with Crippen molar-refractivity contribution in [3.8, 4) is 0 Å². The van der Waals surface area contributed by atoms with E-state index in [9.17, 15) is 13.6 Å². The Morgan fingerprint density at radius 1 is 0.647 bits per heavy atom. The third kappa shape index (κ3) is 10.4. The van der Waals surface area contributed by atoms with Crippen LogP contribution in [0.15, 0.2) is 121 Å². The van der Waals surface area contributed by atoms with E-state index < -0.39 is 17.3 Å². The van der Waals surface area contributed by atoms with Crippen LogP contribution in [-0.2, 0) is 35.6 Å². The van der Waals surface area contributed by atoms with E-state index in [-0.39, 0.29) is 18.4 Å². The van der Waals surface area contributed by atoms with Crippen molar-refractivity contribution < 1.29 is 13.6 Å². The van der Waals surface area contributed by atoms with Gasteiger partial charge in [-0.05, 0) is 83.3 Å². The zero-order valence-corrected chi connectivity index (χ0v) is 31.2. The van der Waals surface area contributed by atoms with Crippen LogP contribution in [-0.4, -0.2) is 50.6 Å². The second-order valence-corrected chi connectivity index (χ2v) is 13.9. The van der Waals surface area contributed by atoms with Crippen molar-refractivity contribution in [1.29, 1.82) is 0 Å². The van der Waals surface area contributed by atoms with Crippen molar-refractivity contribution in [3.63, 3.8) is 0 Å². The lowest BCUT2D eigenvalue weighted by Crippen LogP contribution is -2.37. The summed E-state index contributed by atoms with van der Waals surface area (Å²) in [6.45, 7) is 14.5. The Kier molecular flexibility index (Phi) is 13.9. The van der Waals surface area contributed by atoms with Gasteiger partial charge in [0.05, 0.1) is 24.2 Å². The topological polar surface area (TPSA) is 76.1 Å². The molecule has 2 N–H and O–H groups in total. The third-order valence-electron chi connectivity index (χ3n) is 9.78. The number of carbonyl (C=O) groups is 1. The van der Waals surface area contributed by atoms with Gasteiger partial charge in [0.25, 0.3) is 11.3 Å². The second-order valence-electron chi connectivity index (χ2n) is 13.0. The fourth-order valence-electron chi connectivity index (χ4n) is 6.67. The molecule has 8 heteroatoms. The maximum atomic E-state index is 14.2. The van der Waals surface area contributed by atoms with Crippen LogP contribution in [0.3, 0.4) is 0 Å². The number of hydrogen-bond acceptors (Lipinski definition) is 4. The number of anilines is 1. The van der Waals surface area contributed by atoms with E-state index in [1.54, 1.807) is 0 Å². The molecular formula is C43H52N4O3S. The molecule has 0 spiro atoms. The summed E-state index contributed by atoms with van der Waals surface area (Å²) >= 11 is -2.40. The summed E-state index contributed by atoms with van der Waals surface area (Å²) in [5, 5.41) is 5.33. The maximum absolute atomic E-state index is 14.2. The molecule has 5 aromatic carbocycles. The highest BCUT2D eigenvalue weighted by Crippen LogP contribution is 2.33. The molecule has 0 aliphatic heterocycles. The minimum absolute atomic E-state index is 0.0114. The molecule has 3 atom stereocenters. The highest BCUT2D eigenvalue weighted by Gasteiger charge is 2.29. The van der Waals surface area contributed by atoms with Crippen LogP contribution in [0.1, 0.15) is 74.0 Å². The number of hydrogen-bond donors (Lipinski definition) is 2. The first kappa shape index (κ1) is 37.9. The molecule has 5 rings (SSSR count). The molecule has 0 aromatic heterocycles. The van der Waals surface area contributed by atoms with Crippen LogP contribution in [0.2, 0.25) is 0 Å². The zero-order chi connectivity index (χ0) is 36.2. The summed E-state index contributed by atoms with van der Waals surface area (Å²) in [5.41, 5.74) is 6.00. The molecule has 0 aliphatic carbocycles. The highest BCUT2D eigenvalue weighted by molar-refractivity contribution is 7.80. The Bertz CT molecular complexity index is 1840. The summed E-state index contributed by atoms with van der Waals surface area (Å²) in [6.07, 6.45) is 0.603. The number of rotatable bonds is 18. The van der Waals surface area contributed by atoms with Crippen molar-refractivity contribution in [2.24, 2.45) is 0 Å². The first-order valence-corrected chi connectivity index (χ1v) is 19.2. The van der Waals surface area contributed by atoms with Gasteiger partial charge in [-0.15, -0.1) is 0 Å². The Morgan fingerprint density at radius 2 is 1.18 bits per heavy atom. The molecule has 3 unspecified atom stereocenters. The van der Waals surface area contributed by atoms with Crippen molar-refractivity contribution in [2.45, 2.75) is 65.7 Å². The van der Waals surface area contributed by atoms with Gasteiger partial charge in [0.1, 0.15) is 0 Å². The maximum Gasteiger partial charge on any atom is 0.262 e. The molecule has 51 heavy (non-hydrogen) atoms. The third-order valence-corrected chi connectivity index (χ3v) is 10.6. The van der Waals surface area contributed by atoms with E-state index in [1.807, 2.05) is 72.8 Å². The van der Waals surface area contributed by atoms with Gasteiger partial charge in [-0.25, -0.2) is 4.21 Å². The molecule has 268 valence electrons. The van der Waals surface area contributed by atoms with Gasteiger partial charge >= 0.3 is 0 Å². The van der Waals surface area contributed by atoms with Gasteiger partial charge < -0.3 is 5.32 Å². The van der Waals surface area contributed by atoms with E-state index in [0.29, 0.717) is 12.1 Å². The molecule has 0 saturated carbocycles. The monoisotopic (exact) mass is 704 g/mol. The average molecular weight is 705 g/mol. The Hall–Kier alpha value is -4.34. The SMILES string of the molecule is CCN(CC)Cc1ccc(CC(NC(=O)CC(c2ccccc2)N(c2ccc3ccccc3c2)S(=O)O)c2ccc(CN(CC)CC)cc2)cc1. The van der Waals surface area contributed by atoms with Gasteiger partial charge in [0.15, 0.2) is 0 Å². The van der Waals surface area contributed by atoms with Crippen molar-refractivity contribution in [2.75, 3.05) is 30.5 Å². The van der Waals surface area contributed by atoms with Gasteiger partial charge in [0, 0.05) is 13.1 Å². The summed E-state index contributed by atoms with van der Waals surface area (Å²) in [7, 11) is 0. The molecule has 0 fully saturated rings. The van der Waals surface area contributed by atoms with Crippen molar-refractivity contribution >= 4 is 33.6 Å². The number of nitrogens with zero attached hydrogens (tertiary/aromatic N) is 3. The molecule has 0 radical (unpaired) electrons. The normalized spacial score (nSPS) is 13.3. The number of carbonyl (C=O) groups excluding carboxylic acids is 1. The van der Waals surface area contributed by atoms with Crippen LogP contribution >= 0.6 is 0 Å². The smallest absolute Gasteiger partial charge is 0.262 e. The zero-order valence-electron chi connectivity index (χ0n) is 30.4. The summed E-state index contributed by atoms with van der Waals surface area (Å²) in [5.74, 6) is -0.199. The largest absolute Gasteiger partial charge is 0.349 e. The van der Waals surface area contributed by atoms with E-state index in [1.165, 1.54) is 15.4 Å². The summed E-state index contributed by atoms with van der Waals surface area (Å²) in [4.78, 5) is 18.9. The molecule has 0 bridgehead atoms. The lowest BCUT2D eigenvalue weighted by atomic mass is 9.96. The van der Waals surface area contributed by atoms with Gasteiger partial charge in [0.2, 0.25) is 5.91 Å². The van der Waals surface area contributed by atoms with Gasteiger partial charge in [-0.1, -0.05) is 137 Å². The minimum atomic E-state index is -2.40. The quantitative estimate of drug-likeness (QED) is 0.0893. The van der Waals surface area contributed by atoms with Gasteiger partial charge in [-0.2, -0.15) is 0 Å². The number of fused-ring (bicyclic) bond motifs is 1. The standard InChI is InChI=1S/C43H52N4O3S/c1-5-45(6-2)31-34-20-18-33(19-21-34)28-41(37-24-22-35(23-25-37)32-46(7-3)8-4)44-43(48)30-42(38-15-10-9-11-16-38)47(51(49)50)40-27-26-36-14-12-13-17-39(36)29-40/h9-27,29,41-42H,5-8,28,30-32H2,1-4H3,(H,44,48)(H,49,50). The summed E-state index contributed by atoms with van der Waals surface area (Å²) in [6, 6.07) is 39.4. The van der Waals surface area contributed by atoms with Crippen molar-refractivity contribution in [3.05, 3.63) is 149 Å². The Morgan fingerprint density at radius 3 is 1.75 bits per heavy atom. The molecular weight excluding hydrogens is 653 g/mol. The average Bonchev–Trinajstić information content (AvgIpc) is 3.16. The van der Waals surface area contributed by atoms with Crippen LogP contribution in [0, 0.1) is 0 Å². The Balaban J connectivity index is 1.43. The fraction of sp³-hybridized carbons (Fsp3) is 0.326. The number of amides is 1. The lowest BCUT2D eigenvalue weighted by molar-refractivity contribution is -0.122. The molecule has 1 amide bonds. The summed E-state index contributed by atoms with van der Waals surface area (Å²) < 4.78 is 25.3. The first-order chi connectivity index (χ1) is 24.8. The molecule has 7 nitrogen and oxygen atoms in total. The van der Waals surface area contributed by atoms with E-state index in [2.05, 4.69) is 91.3 Å². The Labute approximate surface area is 306 Å². The van der Waals surface area contributed by atoms with Crippen LogP contribution < -0.4 is 9.62 Å². The fourth-order valence-corrected chi connectivity index (χ4v) is 7.38. The van der Waals surface area contributed by atoms with E-state index >= 15 is 0 Å². The lowest BCUT2D eigenvalue weighted by Gasteiger charge is -2.31. The van der Waals surface area contributed by atoms with Crippen molar-refractivity contribution in [1.82, 2.24) is 15.1 Å².